The largest absolute Gasteiger partial charge is 0.393 e. The Hall–Kier alpha value is -1.42. The molecule has 1 aromatic carbocycles. The molecule has 0 unspecified atom stereocenters. The van der Waals surface area contributed by atoms with Crippen LogP contribution in [0, 0.1) is 0 Å². The van der Waals surface area contributed by atoms with E-state index in [9.17, 15) is 4.79 Å². The SMILES string of the molecule is CCCCN(CCC(N)=S)C(=O)c1ccccc1. The molecule has 4 heteroatoms. The number of carbonyl (C=O) groups is 1. The maximum Gasteiger partial charge on any atom is 0.253 e. The molecule has 0 saturated carbocycles. The number of unbranched alkanes of at least 4 members (excludes halogenated alkanes) is 1. The summed E-state index contributed by atoms with van der Waals surface area (Å²) in [4.78, 5) is 14.6. The second-order valence-electron chi connectivity index (χ2n) is 4.23. The quantitative estimate of drug-likeness (QED) is 0.770. The molecule has 0 heterocycles. The first-order chi connectivity index (χ1) is 8.65. The second kappa shape index (κ2) is 7.82. The van der Waals surface area contributed by atoms with Gasteiger partial charge in [-0.15, -0.1) is 0 Å². The van der Waals surface area contributed by atoms with E-state index in [1.807, 2.05) is 35.2 Å². The first-order valence-electron chi connectivity index (χ1n) is 6.27. The van der Waals surface area contributed by atoms with E-state index in [4.69, 9.17) is 18.0 Å². The fourth-order valence-electron chi connectivity index (χ4n) is 1.67. The summed E-state index contributed by atoms with van der Waals surface area (Å²) < 4.78 is 0. The lowest BCUT2D eigenvalue weighted by molar-refractivity contribution is 0.0758. The molecule has 1 amide bonds. The van der Waals surface area contributed by atoms with Crippen molar-refractivity contribution in [1.82, 2.24) is 4.90 Å². The van der Waals surface area contributed by atoms with Crippen LogP contribution in [-0.2, 0) is 0 Å². The Bertz CT molecular complexity index is 392. The van der Waals surface area contributed by atoms with Crippen molar-refractivity contribution in [2.45, 2.75) is 26.2 Å². The maximum atomic E-state index is 12.3. The monoisotopic (exact) mass is 264 g/mol. The van der Waals surface area contributed by atoms with Crippen molar-refractivity contribution in [1.29, 1.82) is 0 Å². The molecule has 0 radical (unpaired) electrons. The molecule has 1 rings (SSSR count). The molecule has 3 nitrogen and oxygen atoms in total. The Morgan fingerprint density at radius 2 is 1.94 bits per heavy atom. The third-order valence-corrected chi connectivity index (χ3v) is 2.92. The van der Waals surface area contributed by atoms with Crippen molar-refractivity contribution in [2.75, 3.05) is 13.1 Å². The van der Waals surface area contributed by atoms with Crippen LogP contribution in [0.3, 0.4) is 0 Å². The van der Waals surface area contributed by atoms with E-state index in [-0.39, 0.29) is 5.91 Å². The normalized spacial score (nSPS) is 10.1. The number of benzene rings is 1. The van der Waals surface area contributed by atoms with Crippen LogP contribution in [0.2, 0.25) is 0 Å². The van der Waals surface area contributed by atoms with E-state index in [2.05, 4.69) is 6.92 Å². The molecule has 2 N–H and O–H groups in total. The number of hydrogen-bond donors (Lipinski definition) is 1. The smallest absolute Gasteiger partial charge is 0.253 e. The average Bonchev–Trinajstić information content (AvgIpc) is 2.39. The van der Waals surface area contributed by atoms with Crippen LogP contribution >= 0.6 is 12.2 Å². The Morgan fingerprint density at radius 1 is 1.28 bits per heavy atom. The van der Waals surface area contributed by atoms with Crippen molar-refractivity contribution < 1.29 is 4.79 Å². The molecule has 98 valence electrons. The van der Waals surface area contributed by atoms with Gasteiger partial charge in [0.05, 0.1) is 4.99 Å². The Labute approximate surface area is 114 Å². The van der Waals surface area contributed by atoms with Crippen LogP contribution < -0.4 is 5.73 Å². The van der Waals surface area contributed by atoms with Crippen molar-refractivity contribution in [3.8, 4) is 0 Å². The van der Waals surface area contributed by atoms with E-state index >= 15 is 0 Å². The summed E-state index contributed by atoms with van der Waals surface area (Å²) in [6.07, 6.45) is 2.64. The van der Waals surface area contributed by atoms with Crippen molar-refractivity contribution in [2.24, 2.45) is 5.73 Å². The highest BCUT2D eigenvalue weighted by Crippen LogP contribution is 2.07. The second-order valence-corrected chi connectivity index (χ2v) is 4.75. The zero-order valence-corrected chi connectivity index (χ0v) is 11.6. The minimum atomic E-state index is 0.0558. The molecule has 0 aliphatic carbocycles. The van der Waals surface area contributed by atoms with Gasteiger partial charge < -0.3 is 10.6 Å². The molecule has 0 spiro atoms. The van der Waals surface area contributed by atoms with Gasteiger partial charge in [-0.3, -0.25) is 4.79 Å². The van der Waals surface area contributed by atoms with E-state index in [1.54, 1.807) is 0 Å². The first-order valence-corrected chi connectivity index (χ1v) is 6.68. The van der Waals surface area contributed by atoms with Gasteiger partial charge in [0.1, 0.15) is 0 Å². The summed E-state index contributed by atoms with van der Waals surface area (Å²) in [6.45, 7) is 3.47. The van der Waals surface area contributed by atoms with E-state index in [1.165, 1.54) is 0 Å². The zero-order chi connectivity index (χ0) is 13.4. The van der Waals surface area contributed by atoms with Gasteiger partial charge in [0.25, 0.3) is 5.91 Å². The summed E-state index contributed by atoms with van der Waals surface area (Å²) in [5.74, 6) is 0.0558. The topological polar surface area (TPSA) is 46.3 Å². The number of thiocarbonyl (C=S) groups is 1. The molecule has 0 aromatic heterocycles. The maximum absolute atomic E-state index is 12.3. The van der Waals surface area contributed by atoms with Crippen LogP contribution in [0.4, 0.5) is 0 Å². The molecule has 0 saturated heterocycles. The lowest BCUT2D eigenvalue weighted by Crippen LogP contribution is -2.34. The lowest BCUT2D eigenvalue weighted by Gasteiger charge is -2.22. The van der Waals surface area contributed by atoms with E-state index in [0.717, 1.165) is 24.9 Å². The van der Waals surface area contributed by atoms with E-state index in [0.29, 0.717) is 18.0 Å². The van der Waals surface area contributed by atoms with Crippen molar-refractivity contribution in [3.05, 3.63) is 35.9 Å². The van der Waals surface area contributed by atoms with Crippen LogP contribution in [0.5, 0.6) is 0 Å². The standard InChI is InChI=1S/C14H20N2OS/c1-2-3-10-16(11-9-13(15)18)14(17)12-7-5-4-6-8-12/h4-8H,2-3,9-11H2,1H3,(H2,15,18). The molecular formula is C14H20N2OS. The summed E-state index contributed by atoms with van der Waals surface area (Å²) in [7, 11) is 0. The highest BCUT2D eigenvalue weighted by atomic mass is 32.1. The van der Waals surface area contributed by atoms with Gasteiger partial charge in [-0.1, -0.05) is 43.8 Å². The summed E-state index contributed by atoms with van der Waals surface area (Å²) in [6, 6.07) is 9.32. The Kier molecular flexibility index (Phi) is 6.36. The number of rotatable bonds is 7. The molecular weight excluding hydrogens is 244 g/mol. The van der Waals surface area contributed by atoms with Crippen LogP contribution in [0.25, 0.3) is 0 Å². The predicted molar refractivity (Wildman–Crippen MR) is 78.7 cm³/mol. The van der Waals surface area contributed by atoms with Crippen molar-refractivity contribution >= 4 is 23.1 Å². The first kappa shape index (κ1) is 14.6. The van der Waals surface area contributed by atoms with Gasteiger partial charge in [0.15, 0.2) is 0 Å². The zero-order valence-electron chi connectivity index (χ0n) is 10.8. The van der Waals surface area contributed by atoms with Gasteiger partial charge in [-0.05, 0) is 18.6 Å². The highest BCUT2D eigenvalue weighted by Gasteiger charge is 2.14. The molecule has 0 atom stereocenters. The van der Waals surface area contributed by atoms with Gasteiger partial charge >= 0.3 is 0 Å². The number of nitrogens with two attached hydrogens (primary N) is 1. The highest BCUT2D eigenvalue weighted by molar-refractivity contribution is 7.80. The van der Waals surface area contributed by atoms with Crippen LogP contribution in [0.15, 0.2) is 30.3 Å². The van der Waals surface area contributed by atoms with Crippen LogP contribution in [-0.4, -0.2) is 28.9 Å². The molecule has 1 aromatic rings. The molecule has 0 bridgehead atoms. The third-order valence-electron chi connectivity index (χ3n) is 2.72. The average molecular weight is 264 g/mol. The molecule has 0 aliphatic rings. The van der Waals surface area contributed by atoms with Gasteiger partial charge in [-0.2, -0.15) is 0 Å². The van der Waals surface area contributed by atoms with Crippen molar-refractivity contribution in [3.63, 3.8) is 0 Å². The van der Waals surface area contributed by atoms with Crippen LogP contribution in [0.1, 0.15) is 36.5 Å². The minimum Gasteiger partial charge on any atom is -0.393 e. The fourth-order valence-corrected chi connectivity index (χ4v) is 1.76. The third kappa shape index (κ3) is 4.84. The summed E-state index contributed by atoms with van der Waals surface area (Å²) in [5.41, 5.74) is 6.22. The fraction of sp³-hybridized carbons (Fsp3) is 0.429. The predicted octanol–water partition coefficient (Wildman–Crippen LogP) is 2.61. The van der Waals surface area contributed by atoms with Gasteiger partial charge in [0.2, 0.25) is 0 Å². The molecule has 0 fully saturated rings. The number of nitrogens with zero attached hydrogens (tertiary/aromatic N) is 1. The lowest BCUT2D eigenvalue weighted by atomic mass is 10.2. The minimum absolute atomic E-state index is 0.0558. The number of hydrogen-bond acceptors (Lipinski definition) is 2. The van der Waals surface area contributed by atoms with Gasteiger partial charge in [0, 0.05) is 25.1 Å². The summed E-state index contributed by atoms with van der Waals surface area (Å²) >= 11 is 4.87. The Morgan fingerprint density at radius 3 is 2.50 bits per heavy atom. The number of amides is 1. The van der Waals surface area contributed by atoms with Gasteiger partial charge in [-0.25, -0.2) is 0 Å². The van der Waals surface area contributed by atoms with E-state index < -0.39 is 0 Å². The Balaban J connectivity index is 2.69. The molecule has 18 heavy (non-hydrogen) atoms. The molecule has 0 aliphatic heterocycles. The summed E-state index contributed by atoms with van der Waals surface area (Å²) in [5, 5.41) is 0. The number of carbonyl (C=O) groups excluding carboxylic acids is 1.